The van der Waals surface area contributed by atoms with E-state index in [4.69, 9.17) is 4.84 Å². The Bertz CT molecular complexity index is 128. The molecule has 0 unspecified atom stereocenters. The summed E-state index contributed by atoms with van der Waals surface area (Å²) in [5.74, 6) is 1.91. The summed E-state index contributed by atoms with van der Waals surface area (Å²) < 4.78 is 0. The standard InChI is InChI=1S/C6H11NO2S.ClH/c1-6(8)9-7-2-4-10-5-3-7;/h2-5H2,1H3;1H. The fourth-order valence-corrected chi connectivity index (χ4v) is 1.69. The predicted molar refractivity (Wildman–Crippen MR) is 47.9 cm³/mol. The number of hydrogen-bond acceptors (Lipinski definition) is 4. The molecule has 0 radical (unpaired) electrons. The monoisotopic (exact) mass is 197 g/mol. The van der Waals surface area contributed by atoms with Crippen LogP contribution in [0.25, 0.3) is 0 Å². The molecule has 0 amide bonds. The molecule has 0 atom stereocenters. The number of rotatable bonds is 1. The van der Waals surface area contributed by atoms with Crippen molar-refractivity contribution in [2.75, 3.05) is 24.6 Å². The van der Waals surface area contributed by atoms with Crippen molar-refractivity contribution in [2.24, 2.45) is 0 Å². The minimum Gasteiger partial charge on any atom is -0.368 e. The van der Waals surface area contributed by atoms with Gasteiger partial charge >= 0.3 is 5.97 Å². The normalized spacial score (nSPS) is 18.6. The van der Waals surface area contributed by atoms with Crippen LogP contribution in [0.3, 0.4) is 0 Å². The average molecular weight is 198 g/mol. The molecule has 1 fully saturated rings. The Kier molecular flexibility index (Phi) is 5.72. The molecule has 0 spiro atoms. The van der Waals surface area contributed by atoms with Crippen LogP contribution in [-0.2, 0) is 9.63 Å². The zero-order valence-corrected chi connectivity index (χ0v) is 8.04. The summed E-state index contributed by atoms with van der Waals surface area (Å²) in [4.78, 5) is 15.3. The summed E-state index contributed by atoms with van der Waals surface area (Å²) in [5, 5.41) is 1.72. The van der Waals surface area contributed by atoms with Gasteiger partial charge in [-0.15, -0.1) is 17.5 Å². The van der Waals surface area contributed by atoms with Gasteiger partial charge in [0.1, 0.15) is 0 Å². The van der Waals surface area contributed by atoms with E-state index in [2.05, 4.69) is 0 Å². The molecule has 66 valence electrons. The molecule has 0 aliphatic carbocycles. The molecule has 1 heterocycles. The van der Waals surface area contributed by atoms with E-state index in [1.54, 1.807) is 5.06 Å². The fourth-order valence-electron chi connectivity index (χ4n) is 0.820. The van der Waals surface area contributed by atoms with E-state index in [-0.39, 0.29) is 18.4 Å². The van der Waals surface area contributed by atoms with E-state index in [0.717, 1.165) is 24.6 Å². The van der Waals surface area contributed by atoms with Gasteiger partial charge in [0.2, 0.25) is 0 Å². The minimum absolute atomic E-state index is 0. The molecule has 0 aromatic carbocycles. The number of halogens is 1. The van der Waals surface area contributed by atoms with Gasteiger partial charge in [0.25, 0.3) is 0 Å². The first-order valence-electron chi connectivity index (χ1n) is 3.30. The highest BCUT2D eigenvalue weighted by Gasteiger charge is 2.11. The van der Waals surface area contributed by atoms with Gasteiger partial charge in [0, 0.05) is 31.5 Å². The second-order valence-corrected chi connectivity index (χ2v) is 3.35. The van der Waals surface area contributed by atoms with Gasteiger partial charge < -0.3 is 4.84 Å². The summed E-state index contributed by atoms with van der Waals surface area (Å²) in [6, 6.07) is 0. The van der Waals surface area contributed by atoms with Crippen molar-refractivity contribution < 1.29 is 9.63 Å². The summed E-state index contributed by atoms with van der Waals surface area (Å²) in [7, 11) is 0. The number of carbonyl (C=O) groups excluding carboxylic acids is 1. The van der Waals surface area contributed by atoms with Gasteiger partial charge in [-0.3, -0.25) is 4.79 Å². The van der Waals surface area contributed by atoms with E-state index in [0.29, 0.717) is 0 Å². The van der Waals surface area contributed by atoms with Gasteiger partial charge in [-0.2, -0.15) is 11.8 Å². The largest absolute Gasteiger partial charge is 0.368 e. The predicted octanol–water partition coefficient (Wildman–Crippen LogP) is 0.935. The van der Waals surface area contributed by atoms with Crippen LogP contribution in [0.5, 0.6) is 0 Å². The Balaban J connectivity index is 0.000001000. The van der Waals surface area contributed by atoms with Crippen molar-refractivity contribution in [3.63, 3.8) is 0 Å². The average Bonchev–Trinajstić information content (AvgIpc) is 1.88. The fraction of sp³-hybridized carbons (Fsp3) is 0.833. The lowest BCUT2D eigenvalue weighted by molar-refractivity contribution is -0.185. The third kappa shape index (κ3) is 4.50. The van der Waals surface area contributed by atoms with Gasteiger partial charge in [0.15, 0.2) is 0 Å². The van der Waals surface area contributed by atoms with E-state index in [1.165, 1.54) is 6.92 Å². The summed E-state index contributed by atoms with van der Waals surface area (Å²) in [6.45, 7) is 3.16. The number of carbonyl (C=O) groups is 1. The lowest BCUT2D eigenvalue weighted by Crippen LogP contribution is -2.34. The van der Waals surface area contributed by atoms with E-state index in [1.807, 2.05) is 11.8 Å². The molecule has 0 aromatic heterocycles. The second-order valence-electron chi connectivity index (χ2n) is 2.12. The number of nitrogens with zero attached hydrogens (tertiary/aromatic N) is 1. The Morgan fingerprint density at radius 2 is 2.00 bits per heavy atom. The maximum atomic E-state index is 10.4. The first-order valence-corrected chi connectivity index (χ1v) is 4.46. The smallest absolute Gasteiger partial charge is 0.322 e. The van der Waals surface area contributed by atoms with Crippen molar-refractivity contribution in [1.82, 2.24) is 5.06 Å². The summed E-state index contributed by atoms with van der Waals surface area (Å²) >= 11 is 1.89. The van der Waals surface area contributed by atoms with Crippen molar-refractivity contribution in [3.05, 3.63) is 0 Å². The SMILES string of the molecule is CC(=O)ON1CCSCC1.Cl. The first kappa shape index (κ1) is 11.1. The maximum Gasteiger partial charge on any atom is 0.322 e. The molecule has 0 aromatic rings. The highest BCUT2D eigenvalue weighted by molar-refractivity contribution is 7.99. The van der Waals surface area contributed by atoms with E-state index in [9.17, 15) is 4.79 Å². The Hall–Kier alpha value is 0.0700. The van der Waals surface area contributed by atoms with E-state index >= 15 is 0 Å². The molecule has 0 bridgehead atoms. The quantitative estimate of drug-likeness (QED) is 0.626. The molecule has 0 saturated carbocycles. The van der Waals surface area contributed by atoms with Crippen LogP contribution < -0.4 is 0 Å². The van der Waals surface area contributed by atoms with Crippen molar-refractivity contribution >= 4 is 30.1 Å². The van der Waals surface area contributed by atoms with Crippen LogP contribution in [0.2, 0.25) is 0 Å². The number of hydrogen-bond donors (Lipinski definition) is 0. The number of hydroxylamine groups is 2. The maximum absolute atomic E-state index is 10.4. The topological polar surface area (TPSA) is 29.5 Å². The molecule has 5 heteroatoms. The Morgan fingerprint density at radius 1 is 1.45 bits per heavy atom. The van der Waals surface area contributed by atoms with Crippen LogP contribution >= 0.6 is 24.2 Å². The molecular weight excluding hydrogens is 186 g/mol. The highest BCUT2D eigenvalue weighted by Crippen LogP contribution is 2.08. The molecule has 1 saturated heterocycles. The van der Waals surface area contributed by atoms with Crippen molar-refractivity contribution in [2.45, 2.75) is 6.92 Å². The second kappa shape index (κ2) is 5.69. The van der Waals surface area contributed by atoms with Crippen molar-refractivity contribution in [3.8, 4) is 0 Å². The molecular formula is C6H12ClNO2S. The summed E-state index contributed by atoms with van der Waals surface area (Å²) in [6.07, 6.45) is 0. The lowest BCUT2D eigenvalue weighted by atomic mass is 10.6. The van der Waals surface area contributed by atoms with Gasteiger partial charge in [-0.05, 0) is 0 Å². The van der Waals surface area contributed by atoms with Crippen LogP contribution in [0.1, 0.15) is 6.92 Å². The minimum atomic E-state index is -0.216. The Morgan fingerprint density at radius 3 is 2.45 bits per heavy atom. The molecule has 1 rings (SSSR count). The van der Waals surface area contributed by atoms with Gasteiger partial charge in [0.05, 0.1) is 0 Å². The van der Waals surface area contributed by atoms with Crippen LogP contribution in [0, 0.1) is 0 Å². The molecule has 1 aliphatic heterocycles. The highest BCUT2D eigenvalue weighted by atomic mass is 35.5. The van der Waals surface area contributed by atoms with Gasteiger partial charge in [-0.25, -0.2) is 0 Å². The Labute approximate surface area is 76.8 Å². The molecule has 1 aliphatic rings. The first-order chi connectivity index (χ1) is 4.79. The lowest BCUT2D eigenvalue weighted by Gasteiger charge is -2.23. The molecule has 3 nitrogen and oxygen atoms in total. The zero-order valence-electron chi connectivity index (χ0n) is 6.41. The number of thioether (sulfide) groups is 1. The third-order valence-corrected chi connectivity index (χ3v) is 2.17. The molecule has 0 N–H and O–H groups in total. The van der Waals surface area contributed by atoms with Crippen molar-refractivity contribution in [1.29, 1.82) is 0 Å². The van der Waals surface area contributed by atoms with Crippen LogP contribution in [0.15, 0.2) is 0 Å². The van der Waals surface area contributed by atoms with E-state index < -0.39 is 0 Å². The van der Waals surface area contributed by atoms with Crippen LogP contribution in [0.4, 0.5) is 0 Å². The van der Waals surface area contributed by atoms with Gasteiger partial charge in [-0.1, -0.05) is 0 Å². The van der Waals surface area contributed by atoms with Crippen LogP contribution in [-0.4, -0.2) is 35.6 Å². The molecule has 11 heavy (non-hydrogen) atoms. The third-order valence-electron chi connectivity index (χ3n) is 1.23. The zero-order chi connectivity index (χ0) is 7.40. The summed E-state index contributed by atoms with van der Waals surface area (Å²) in [5.41, 5.74) is 0.